The average Bonchev–Trinajstić information content (AvgIpc) is 2.71. The topological polar surface area (TPSA) is 75.9 Å². The number of esters is 1. The summed E-state index contributed by atoms with van der Waals surface area (Å²) in [5.74, 6) is 0.304. The Bertz CT molecular complexity index is 862. The summed E-state index contributed by atoms with van der Waals surface area (Å²) in [6, 6.07) is 13.1. The lowest BCUT2D eigenvalue weighted by atomic mass is 10.1. The Morgan fingerprint density at radius 1 is 1.03 bits per heavy atom. The molecule has 1 fully saturated rings. The van der Waals surface area contributed by atoms with E-state index in [2.05, 4.69) is 4.90 Å². The van der Waals surface area contributed by atoms with Crippen LogP contribution in [0.3, 0.4) is 0 Å². The highest BCUT2D eigenvalue weighted by atomic mass is 35.5. The Hall–Kier alpha value is -2.41. The first-order chi connectivity index (χ1) is 13.9. The molecule has 3 rings (SSSR count). The predicted molar refractivity (Wildman–Crippen MR) is 113 cm³/mol. The van der Waals surface area contributed by atoms with E-state index in [-0.39, 0.29) is 11.9 Å². The molecule has 0 atom stereocenters. The van der Waals surface area contributed by atoms with Crippen LogP contribution in [0.4, 0.5) is 0 Å². The summed E-state index contributed by atoms with van der Waals surface area (Å²) in [5, 5.41) is 0.602. The van der Waals surface area contributed by atoms with E-state index in [0.29, 0.717) is 43.4 Å². The minimum absolute atomic E-state index is 0.133. The van der Waals surface area contributed by atoms with Crippen molar-refractivity contribution in [2.75, 3.05) is 26.2 Å². The number of nitrogens with zero attached hydrogens (tertiary/aromatic N) is 2. The molecule has 29 heavy (non-hydrogen) atoms. The fraction of sp³-hybridized carbons (Fsp3) is 0.364. The van der Waals surface area contributed by atoms with Crippen LogP contribution in [0.25, 0.3) is 0 Å². The summed E-state index contributed by atoms with van der Waals surface area (Å²) >= 11 is 6.11. The number of carbonyl (C=O) groups is 2. The van der Waals surface area contributed by atoms with Crippen LogP contribution in [0.5, 0.6) is 5.75 Å². The van der Waals surface area contributed by atoms with E-state index in [1.54, 1.807) is 12.1 Å². The standard InChI is InChI=1S/C22H26ClN3O3/c1-16(27)29-21-7-6-20(23)13-19(21)15-25-8-10-26(11-9-25)22(28)12-17-2-4-18(14-24)5-3-17/h2-7,13H,8-12,14-15,24H2,1H3. The molecule has 0 aromatic heterocycles. The van der Waals surface area contributed by atoms with Crippen LogP contribution in [0.15, 0.2) is 42.5 Å². The molecule has 7 heteroatoms. The third kappa shape index (κ3) is 6.03. The van der Waals surface area contributed by atoms with Gasteiger partial charge in [0.25, 0.3) is 0 Å². The minimum Gasteiger partial charge on any atom is -0.426 e. The summed E-state index contributed by atoms with van der Waals surface area (Å²) in [7, 11) is 0. The number of rotatable bonds is 6. The van der Waals surface area contributed by atoms with Crippen molar-refractivity contribution in [3.05, 3.63) is 64.2 Å². The van der Waals surface area contributed by atoms with Crippen molar-refractivity contribution in [3.63, 3.8) is 0 Å². The van der Waals surface area contributed by atoms with Crippen molar-refractivity contribution in [1.82, 2.24) is 9.80 Å². The normalized spacial score (nSPS) is 14.7. The molecule has 1 heterocycles. The highest BCUT2D eigenvalue weighted by molar-refractivity contribution is 6.30. The van der Waals surface area contributed by atoms with Crippen LogP contribution in [-0.2, 0) is 29.1 Å². The molecule has 1 amide bonds. The van der Waals surface area contributed by atoms with E-state index in [1.807, 2.05) is 35.2 Å². The highest BCUT2D eigenvalue weighted by Crippen LogP contribution is 2.25. The second-order valence-corrected chi connectivity index (χ2v) is 7.64. The number of benzene rings is 2. The van der Waals surface area contributed by atoms with Crippen molar-refractivity contribution < 1.29 is 14.3 Å². The van der Waals surface area contributed by atoms with E-state index < -0.39 is 0 Å². The van der Waals surface area contributed by atoms with Gasteiger partial charge in [0.2, 0.25) is 5.91 Å². The maximum absolute atomic E-state index is 12.6. The summed E-state index contributed by atoms with van der Waals surface area (Å²) < 4.78 is 5.29. The zero-order valence-corrected chi connectivity index (χ0v) is 17.3. The number of hydrogen-bond acceptors (Lipinski definition) is 5. The van der Waals surface area contributed by atoms with Crippen LogP contribution in [0, 0.1) is 0 Å². The Balaban J connectivity index is 1.54. The largest absolute Gasteiger partial charge is 0.426 e. The van der Waals surface area contributed by atoms with Crippen molar-refractivity contribution in [2.45, 2.75) is 26.4 Å². The molecule has 0 spiro atoms. The van der Waals surface area contributed by atoms with Gasteiger partial charge in [-0.3, -0.25) is 14.5 Å². The van der Waals surface area contributed by atoms with Crippen molar-refractivity contribution in [3.8, 4) is 5.75 Å². The van der Waals surface area contributed by atoms with Gasteiger partial charge in [0.05, 0.1) is 6.42 Å². The number of nitrogens with two attached hydrogens (primary N) is 1. The molecule has 0 aliphatic carbocycles. The number of carbonyl (C=O) groups excluding carboxylic acids is 2. The second kappa shape index (κ2) is 9.87. The molecular weight excluding hydrogens is 390 g/mol. The van der Waals surface area contributed by atoms with E-state index in [0.717, 1.165) is 29.8 Å². The predicted octanol–water partition coefficient (Wildman–Crippen LogP) is 2.61. The maximum Gasteiger partial charge on any atom is 0.308 e. The molecule has 1 saturated heterocycles. The first-order valence-corrected chi connectivity index (χ1v) is 10.1. The fourth-order valence-electron chi connectivity index (χ4n) is 3.40. The summed E-state index contributed by atoms with van der Waals surface area (Å²) in [6.45, 7) is 5.35. The monoisotopic (exact) mass is 415 g/mol. The number of amides is 1. The molecule has 6 nitrogen and oxygen atoms in total. The van der Waals surface area contributed by atoms with Gasteiger partial charge in [0.15, 0.2) is 0 Å². The number of hydrogen-bond donors (Lipinski definition) is 1. The Kier molecular flexibility index (Phi) is 7.25. The first-order valence-electron chi connectivity index (χ1n) is 9.69. The highest BCUT2D eigenvalue weighted by Gasteiger charge is 2.22. The number of piperazine rings is 1. The van der Waals surface area contributed by atoms with Crippen LogP contribution in [-0.4, -0.2) is 47.9 Å². The second-order valence-electron chi connectivity index (χ2n) is 7.20. The number of ether oxygens (including phenoxy) is 1. The summed E-state index contributed by atoms with van der Waals surface area (Å²) in [5.41, 5.74) is 8.54. The first kappa shape index (κ1) is 21.3. The van der Waals surface area contributed by atoms with Gasteiger partial charge in [-0.2, -0.15) is 0 Å². The quantitative estimate of drug-likeness (QED) is 0.579. The zero-order valence-electron chi connectivity index (χ0n) is 16.6. The molecule has 0 saturated carbocycles. The molecule has 2 N–H and O–H groups in total. The zero-order chi connectivity index (χ0) is 20.8. The number of halogens is 1. The van der Waals surface area contributed by atoms with E-state index in [1.165, 1.54) is 6.92 Å². The maximum atomic E-state index is 12.6. The third-order valence-electron chi connectivity index (χ3n) is 5.01. The fourth-order valence-corrected chi connectivity index (χ4v) is 3.60. The molecular formula is C22H26ClN3O3. The van der Waals surface area contributed by atoms with Crippen molar-refractivity contribution >= 4 is 23.5 Å². The van der Waals surface area contributed by atoms with E-state index in [9.17, 15) is 9.59 Å². The van der Waals surface area contributed by atoms with Gasteiger partial charge in [-0.1, -0.05) is 35.9 Å². The van der Waals surface area contributed by atoms with E-state index >= 15 is 0 Å². The SMILES string of the molecule is CC(=O)Oc1ccc(Cl)cc1CN1CCN(C(=O)Cc2ccc(CN)cc2)CC1. The molecule has 0 bridgehead atoms. The van der Waals surface area contributed by atoms with Crippen LogP contribution in [0.2, 0.25) is 5.02 Å². The molecule has 2 aromatic carbocycles. The Morgan fingerprint density at radius 2 is 1.69 bits per heavy atom. The smallest absolute Gasteiger partial charge is 0.308 e. The average molecular weight is 416 g/mol. The lowest BCUT2D eigenvalue weighted by molar-refractivity contribution is -0.133. The van der Waals surface area contributed by atoms with Crippen molar-refractivity contribution in [2.24, 2.45) is 5.73 Å². The van der Waals surface area contributed by atoms with Gasteiger partial charge >= 0.3 is 5.97 Å². The lowest BCUT2D eigenvalue weighted by Gasteiger charge is -2.35. The van der Waals surface area contributed by atoms with Gasteiger partial charge in [-0.25, -0.2) is 0 Å². The minimum atomic E-state index is -0.358. The van der Waals surface area contributed by atoms with Gasteiger partial charge in [-0.05, 0) is 29.3 Å². The van der Waals surface area contributed by atoms with Crippen LogP contribution in [0.1, 0.15) is 23.6 Å². The third-order valence-corrected chi connectivity index (χ3v) is 5.24. The molecule has 0 unspecified atom stereocenters. The summed E-state index contributed by atoms with van der Waals surface area (Å²) in [4.78, 5) is 28.1. The van der Waals surface area contributed by atoms with Crippen molar-refractivity contribution in [1.29, 1.82) is 0 Å². The summed E-state index contributed by atoms with van der Waals surface area (Å²) in [6.07, 6.45) is 0.399. The van der Waals surface area contributed by atoms with Crippen LogP contribution < -0.4 is 10.5 Å². The van der Waals surface area contributed by atoms with Gasteiger partial charge in [0, 0.05) is 56.8 Å². The van der Waals surface area contributed by atoms with Gasteiger partial charge < -0.3 is 15.4 Å². The molecule has 1 aliphatic rings. The lowest BCUT2D eigenvalue weighted by Crippen LogP contribution is -2.48. The molecule has 0 radical (unpaired) electrons. The Labute approximate surface area is 176 Å². The molecule has 2 aromatic rings. The van der Waals surface area contributed by atoms with Crippen LogP contribution >= 0.6 is 11.6 Å². The molecule has 154 valence electrons. The van der Waals surface area contributed by atoms with E-state index in [4.69, 9.17) is 22.1 Å². The van der Waals surface area contributed by atoms with Gasteiger partial charge in [0.1, 0.15) is 5.75 Å². The van der Waals surface area contributed by atoms with Gasteiger partial charge in [-0.15, -0.1) is 0 Å². The molecule has 1 aliphatic heterocycles. The Morgan fingerprint density at radius 3 is 2.31 bits per heavy atom.